The summed E-state index contributed by atoms with van der Waals surface area (Å²) in [6, 6.07) is 13.6. The number of benzene rings is 2. The van der Waals surface area contributed by atoms with Crippen molar-refractivity contribution in [2.75, 3.05) is 0 Å². The summed E-state index contributed by atoms with van der Waals surface area (Å²) in [6.45, 7) is -0.0380. The van der Waals surface area contributed by atoms with E-state index >= 15 is 0 Å². The molecule has 0 radical (unpaired) electrons. The van der Waals surface area contributed by atoms with Crippen LogP contribution in [0, 0.1) is 0 Å². The molecule has 2 aromatic carbocycles. The molecule has 1 saturated carbocycles. The fraction of sp³-hybridized carbons (Fsp3) is 0.211. The highest BCUT2D eigenvalue weighted by Gasteiger charge is 2.52. The van der Waals surface area contributed by atoms with Crippen molar-refractivity contribution in [1.82, 2.24) is 20.2 Å². The van der Waals surface area contributed by atoms with Crippen molar-refractivity contribution in [2.24, 2.45) is 5.73 Å². The lowest BCUT2D eigenvalue weighted by Crippen LogP contribution is -2.20. The van der Waals surface area contributed by atoms with E-state index in [-0.39, 0.29) is 12.4 Å². The number of primary amides is 1. The second-order valence-corrected chi connectivity index (χ2v) is 7.92. The molecule has 1 heterocycles. The number of ketones is 1. The van der Waals surface area contributed by atoms with Gasteiger partial charge in [0.2, 0.25) is 11.1 Å². The Morgan fingerprint density at radius 2 is 1.71 bits per heavy atom. The number of aliphatic hydroxyl groups excluding tert-OH is 1. The number of aliphatic hydroxyl groups is 1. The van der Waals surface area contributed by atoms with Crippen molar-refractivity contribution in [3.8, 4) is 5.69 Å². The zero-order valence-electron chi connectivity index (χ0n) is 14.8. The fourth-order valence-corrected chi connectivity index (χ4v) is 4.03. The molecule has 3 aromatic rings. The molecule has 1 aliphatic rings. The average molecular weight is 395 g/mol. The summed E-state index contributed by atoms with van der Waals surface area (Å²) >= 11 is 1.34. The van der Waals surface area contributed by atoms with E-state index in [9.17, 15) is 14.7 Å². The Labute approximate surface area is 164 Å². The first-order chi connectivity index (χ1) is 13.5. The predicted octanol–water partition coefficient (Wildman–Crippen LogP) is 1.76. The zero-order valence-corrected chi connectivity index (χ0v) is 15.6. The van der Waals surface area contributed by atoms with Gasteiger partial charge in [-0.25, -0.2) is 0 Å². The van der Waals surface area contributed by atoms with Crippen molar-refractivity contribution >= 4 is 23.5 Å². The third kappa shape index (κ3) is 3.41. The minimum absolute atomic E-state index is 0.0151. The molecule has 3 N–H and O–H groups in total. The zero-order chi connectivity index (χ0) is 19.7. The highest BCUT2D eigenvalue weighted by Crippen LogP contribution is 2.53. The number of hydrogen-bond acceptors (Lipinski definition) is 7. The van der Waals surface area contributed by atoms with Gasteiger partial charge in [-0.15, -0.1) is 5.10 Å². The molecule has 8 nitrogen and oxygen atoms in total. The molecule has 1 amide bonds. The second-order valence-electron chi connectivity index (χ2n) is 6.56. The van der Waals surface area contributed by atoms with Gasteiger partial charge in [0, 0.05) is 11.1 Å². The molecule has 0 saturated heterocycles. The van der Waals surface area contributed by atoms with Crippen LogP contribution >= 0.6 is 11.8 Å². The largest absolute Gasteiger partial charge is 0.392 e. The number of tetrazole rings is 1. The Kier molecular flexibility index (Phi) is 4.70. The van der Waals surface area contributed by atoms with E-state index in [4.69, 9.17) is 5.73 Å². The molecule has 0 spiro atoms. The third-order valence-corrected chi connectivity index (χ3v) is 6.06. The summed E-state index contributed by atoms with van der Waals surface area (Å²) in [5.41, 5.74) is 7.69. The summed E-state index contributed by atoms with van der Waals surface area (Å²) < 4.78 is 0.973. The van der Waals surface area contributed by atoms with Crippen molar-refractivity contribution in [3.05, 3.63) is 65.2 Å². The van der Waals surface area contributed by atoms with Gasteiger partial charge in [0.25, 0.3) is 0 Å². The van der Waals surface area contributed by atoms with Gasteiger partial charge in [-0.3, -0.25) is 9.59 Å². The Hall–Kier alpha value is -3.04. The minimum atomic E-state index is -0.605. The van der Waals surface area contributed by atoms with Gasteiger partial charge in [0.05, 0.1) is 17.0 Å². The van der Waals surface area contributed by atoms with Crippen molar-refractivity contribution in [2.45, 2.75) is 29.4 Å². The van der Waals surface area contributed by atoms with Crippen LogP contribution in [0.25, 0.3) is 5.69 Å². The third-order valence-electron chi connectivity index (χ3n) is 4.64. The fourth-order valence-electron chi connectivity index (χ4n) is 2.86. The van der Waals surface area contributed by atoms with E-state index in [1.165, 1.54) is 11.8 Å². The van der Waals surface area contributed by atoms with Gasteiger partial charge >= 0.3 is 0 Å². The maximum Gasteiger partial charge on any atom is 0.248 e. The normalized spacial score (nSPS) is 14.6. The van der Waals surface area contributed by atoms with Crippen LogP contribution in [0.5, 0.6) is 0 Å². The van der Waals surface area contributed by atoms with E-state index in [1.54, 1.807) is 41.1 Å². The molecule has 142 valence electrons. The molecule has 1 aliphatic carbocycles. The summed E-state index contributed by atoms with van der Waals surface area (Å²) in [4.78, 5) is 24.2. The Balaban J connectivity index is 1.56. The molecule has 0 bridgehead atoms. The van der Waals surface area contributed by atoms with Gasteiger partial charge in [0.1, 0.15) is 0 Å². The number of hydrogen-bond donors (Lipinski definition) is 2. The number of Topliss-reactive ketones (excluding diaryl/α,β-unsaturated/α-hetero) is 1. The van der Waals surface area contributed by atoms with Gasteiger partial charge in [0.15, 0.2) is 5.78 Å². The van der Waals surface area contributed by atoms with E-state index in [0.29, 0.717) is 16.3 Å². The van der Waals surface area contributed by atoms with Gasteiger partial charge < -0.3 is 10.8 Å². The molecule has 9 heteroatoms. The number of thioether (sulfide) groups is 1. The lowest BCUT2D eigenvalue weighted by molar-refractivity contribution is 0.0975. The highest BCUT2D eigenvalue weighted by atomic mass is 32.2. The summed E-state index contributed by atoms with van der Waals surface area (Å²) in [5, 5.41) is 21.6. The van der Waals surface area contributed by atoms with Crippen LogP contribution in [0.15, 0.2) is 53.7 Å². The van der Waals surface area contributed by atoms with Crippen molar-refractivity contribution in [1.29, 1.82) is 0 Å². The predicted molar refractivity (Wildman–Crippen MR) is 102 cm³/mol. The Morgan fingerprint density at radius 1 is 1.07 bits per heavy atom. The van der Waals surface area contributed by atoms with Crippen LogP contribution in [0.2, 0.25) is 0 Å². The Bertz CT molecular complexity index is 1030. The van der Waals surface area contributed by atoms with Crippen LogP contribution in [-0.2, 0) is 6.61 Å². The molecule has 1 aromatic heterocycles. The van der Waals surface area contributed by atoms with E-state index in [0.717, 1.165) is 24.1 Å². The van der Waals surface area contributed by atoms with E-state index in [2.05, 4.69) is 15.5 Å². The number of nitrogens with zero attached hydrogens (tertiary/aromatic N) is 4. The molecule has 0 aliphatic heterocycles. The number of amides is 1. The smallest absolute Gasteiger partial charge is 0.248 e. The number of carbonyl (C=O) groups excluding carboxylic acids is 2. The molecule has 28 heavy (non-hydrogen) atoms. The maximum absolute atomic E-state index is 13.0. The van der Waals surface area contributed by atoms with E-state index in [1.807, 2.05) is 12.1 Å². The second kappa shape index (κ2) is 7.17. The average Bonchev–Trinajstić information content (AvgIpc) is 3.36. The first-order valence-corrected chi connectivity index (χ1v) is 9.46. The maximum atomic E-state index is 13.0. The van der Waals surface area contributed by atoms with Crippen LogP contribution in [-0.4, -0.2) is 41.8 Å². The van der Waals surface area contributed by atoms with Crippen LogP contribution in [0.3, 0.4) is 0 Å². The highest BCUT2D eigenvalue weighted by molar-refractivity contribution is 8.01. The quantitative estimate of drug-likeness (QED) is 0.584. The summed E-state index contributed by atoms with van der Waals surface area (Å²) in [7, 11) is 0. The molecule has 1 fully saturated rings. The van der Waals surface area contributed by atoms with Crippen molar-refractivity contribution in [3.63, 3.8) is 0 Å². The van der Waals surface area contributed by atoms with Crippen LogP contribution < -0.4 is 5.73 Å². The van der Waals surface area contributed by atoms with Crippen LogP contribution in [0.4, 0.5) is 0 Å². The first kappa shape index (κ1) is 18.3. The topological polar surface area (TPSA) is 124 Å². The first-order valence-electron chi connectivity index (χ1n) is 8.65. The number of aromatic nitrogens is 4. The number of nitrogens with two attached hydrogens (primary N) is 1. The summed E-state index contributed by atoms with van der Waals surface area (Å²) in [5.74, 6) is -0.542. The standard InChI is InChI=1S/C19H17N5O3S/c20-17(27)14-5-3-13(4-6-14)16(26)19(9-10-19)28-18-21-22-23-24(18)15-7-1-12(11-25)2-8-15/h1-8,25H,9-11H2,(H2,20,27). The van der Waals surface area contributed by atoms with E-state index < -0.39 is 10.7 Å². The molecule has 0 unspecified atom stereocenters. The van der Waals surface area contributed by atoms with Crippen molar-refractivity contribution < 1.29 is 14.7 Å². The number of rotatable bonds is 7. The van der Waals surface area contributed by atoms with Gasteiger partial charge in [-0.2, -0.15) is 4.68 Å². The summed E-state index contributed by atoms with van der Waals surface area (Å²) in [6.07, 6.45) is 1.45. The Morgan fingerprint density at radius 3 is 2.29 bits per heavy atom. The van der Waals surface area contributed by atoms with Gasteiger partial charge in [-0.1, -0.05) is 36.0 Å². The lowest BCUT2D eigenvalue weighted by atomic mass is 10.0. The number of carbonyl (C=O) groups is 2. The minimum Gasteiger partial charge on any atom is -0.392 e. The monoisotopic (exact) mass is 395 g/mol. The molecular weight excluding hydrogens is 378 g/mol. The lowest BCUT2D eigenvalue weighted by Gasteiger charge is -2.13. The molecule has 0 atom stereocenters. The SMILES string of the molecule is NC(=O)c1ccc(C(=O)C2(Sc3nnnn3-c3ccc(CO)cc3)CC2)cc1. The van der Waals surface area contributed by atoms with Gasteiger partial charge in [-0.05, 0) is 53.1 Å². The molecular formula is C19H17N5O3S. The molecule has 4 rings (SSSR count). The van der Waals surface area contributed by atoms with Crippen LogP contribution in [0.1, 0.15) is 39.1 Å².